The summed E-state index contributed by atoms with van der Waals surface area (Å²) in [6.07, 6.45) is -2.04. The molecule has 0 radical (unpaired) electrons. The number of carboxylic acids is 1. The van der Waals surface area contributed by atoms with Crippen LogP contribution in [0.3, 0.4) is 0 Å². The van der Waals surface area contributed by atoms with Crippen LogP contribution in [0.4, 0.5) is 0 Å². The number of aromatic nitrogens is 1. The average Bonchev–Trinajstić information content (AvgIpc) is 2.79. The van der Waals surface area contributed by atoms with Crippen molar-refractivity contribution < 1.29 is 20.1 Å². The highest BCUT2D eigenvalue weighted by Crippen LogP contribution is 2.27. The van der Waals surface area contributed by atoms with Gasteiger partial charge in [0.25, 0.3) is 0 Å². The summed E-state index contributed by atoms with van der Waals surface area (Å²) in [6, 6.07) is 6.73. The fourth-order valence-electron chi connectivity index (χ4n) is 1.76. The lowest BCUT2D eigenvalue weighted by atomic mass is 10.0. The highest BCUT2D eigenvalue weighted by Gasteiger charge is 2.27. The van der Waals surface area contributed by atoms with Gasteiger partial charge in [-0.15, -0.1) is 0 Å². The van der Waals surface area contributed by atoms with Crippen LogP contribution in [0.1, 0.15) is 17.2 Å². The van der Waals surface area contributed by atoms with Crippen molar-refractivity contribution in [1.29, 1.82) is 5.26 Å². The van der Waals surface area contributed by atoms with E-state index in [4.69, 9.17) is 10.4 Å². The lowest BCUT2D eigenvalue weighted by molar-refractivity contribution is -0.153. The number of nitrogens with one attached hydrogen (secondary N) is 1. The van der Waals surface area contributed by atoms with Crippen LogP contribution >= 0.6 is 0 Å². The molecule has 2 atom stereocenters. The van der Waals surface area contributed by atoms with Gasteiger partial charge in [-0.3, -0.25) is 0 Å². The quantitative estimate of drug-likeness (QED) is 0.629. The van der Waals surface area contributed by atoms with Crippen molar-refractivity contribution in [3.05, 3.63) is 35.5 Å². The van der Waals surface area contributed by atoms with E-state index in [-0.39, 0.29) is 5.56 Å². The van der Waals surface area contributed by atoms with Crippen molar-refractivity contribution in [2.75, 3.05) is 0 Å². The summed E-state index contributed by atoms with van der Waals surface area (Å²) in [5.41, 5.74) is 1.29. The van der Waals surface area contributed by atoms with Crippen LogP contribution in [-0.2, 0) is 4.79 Å². The molecule has 0 saturated heterocycles. The summed E-state index contributed by atoms with van der Waals surface area (Å²) in [4.78, 5) is 13.5. The number of H-pyrrole nitrogens is 1. The van der Waals surface area contributed by atoms with Gasteiger partial charge >= 0.3 is 5.97 Å². The molecule has 2 unspecified atom stereocenters. The summed E-state index contributed by atoms with van der Waals surface area (Å²) >= 11 is 0. The maximum atomic E-state index is 10.6. The zero-order chi connectivity index (χ0) is 13.3. The molecule has 0 spiro atoms. The maximum absolute atomic E-state index is 10.6. The van der Waals surface area contributed by atoms with Crippen molar-refractivity contribution in [2.45, 2.75) is 12.2 Å². The molecule has 0 aliphatic heterocycles. The SMILES string of the molecule is N#Cc1ccc2[nH]cc(C(O)C(O)C(=O)O)c2c1. The Hall–Kier alpha value is -2.36. The van der Waals surface area contributed by atoms with Crippen LogP contribution in [0.25, 0.3) is 10.9 Å². The second-order valence-electron chi connectivity index (χ2n) is 3.84. The lowest BCUT2D eigenvalue weighted by Crippen LogP contribution is -2.27. The number of hydrogen-bond acceptors (Lipinski definition) is 4. The monoisotopic (exact) mass is 246 g/mol. The second-order valence-corrected chi connectivity index (χ2v) is 3.84. The molecule has 18 heavy (non-hydrogen) atoms. The van der Waals surface area contributed by atoms with Crippen molar-refractivity contribution in [1.82, 2.24) is 4.98 Å². The number of aliphatic carboxylic acids is 1. The highest BCUT2D eigenvalue weighted by atomic mass is 16.4. The van der Waals surface area contributed by atoms with Gasteiger partial charge in [-0.25, -0.2) is 4.79 Å². The van der Waals surface area contributed by atoms with Crippen molar-refractivity contribution >= 4 is 16.9 Å². The average molecular weight is 246 g/mol. The van der Waals surface area contributed by atoms with E-state index in [9.17, 15) is 15.0 Å². The molecule has 0 saturated carbocycles. The highest BCUT2D eigenvalue weighted by molar-refractivity contribution is 5.86. The fraction of sp³-hybridized carbons (Fsp3) is 0.167. The molecule has 0 bridgehead atoms. The zero-order valence-electron chi connectivity index (χ0n) is 9.16. The van der Waals surface area contributed by atoms with Gasteiger partial charge in [0.2, 0.25) is 0 Å². The van der Waals surface area contributed by atoms with E-state index in [1.165, 1.54) is 12.3 Å². The smallest absolute Gasteiger partial charge is 0.335 e. The Bertz CT molecular complexity index is 641. The first-order valence-corrected chi connectivity index (χ1v) is 5.14. The van der Waals surface area contributed by atoms with Gasteiger partial charge in [-0.05, 0) is 18.2 Å². The Morgan fingerprint density at radius 3 is 2.72 bits per heavy atom. The van der Waals surface area contributed by atoms with E-state index >= 15 is 0 Å². The number of benzene rings is 1. The van der Waals surface area contributed by atoms with Crippen LogP contribution in [-0.4, -0.2) is 32.4 Å². The molecule has 0 aliphatic rings. The van der Waals surface area contributed by atoms with Crippen molar-refractivity contribution in [2.24, 2.45) is 0 Å². The molecule has 1 aromatic heterocycles. The van der Waals surface area contributed by atoms with Gasteiger partial charge in [0.1, 0.15) is 6.10 Å². The second kappa shape index (κ2) is 4.49. The Morgan fingerprint density at radius 2 is 2.11 bits per heavy atom. The summed E-state index contributed by atoms with van der Waals surface area (Å²) in [5.74, 6) is -1.51. The molecule has 1 aromatic carbocycles. The molecule has 0 fully saturated rings. The number of rotatable bonds is 3. The minimum Gasteiger partial charge on any atom is -0.479 e. The van der Waals surface area contributed by atoms with Gasteiger partial charge < -0.3 is 20.3 Å². The van der Waals surface area contributed by atoms with Crippen LogP contribution in [0.5, 0.6) is 0 Å². The van der Waals surface area contributed by atoms with Gasteiger partial charge in [-0.2, -0.15) is 5.26 Å². The molecule has 6 heteroatoms. The summed E-state index contributed by atoms with van der Waals surface area (Å²) in [6.45, 7) is 0. The Labute approximate surface area is 102 Å². The molecule has 6 nitrogen and oxygen atoms in total. The predicted molar refractivity (Wildman–Crippen MR) is 61.6 cm³/mol. The fourth-order valence-corrected chi connectivity index (χ4v) is 1.76. The summed E-state index contributed by atoms with van der Waals surface area (Å²) in [7, 11) is 0. The third kappa shape index (κ3) is 1.93. The van der Waals surface area contributed by atoms with E-state index in [1.54, 1.807) is 12.1 Å². The Kier molecular flexibility index (Phi) is 3.02. The van der Waals surface area contributed by atoms with Gasteiger partial charge in [0.15, 0.2) is 6.10 Å². The molecule has 0 amide bonds. The van der Waals surface area contributed by atoms with E-state index in [0.717, 1.165) is 0 Å². The normalized spacial score (nSPS) is 14.1. The maximum Gasteiger partial charge on any atom is 0.335 e. The molecule has 2 rings (SSSR count). The van der Waals surface area contributed by atoms with E-state index < -0.39 is 18.2 Å². The molecule has 0 aliphatic carbocycles. The van der Waals surface area contributed by atoms with E-state index in [2.05, 4.69) is 4.98 Å². The lowest BCUT2D eigenvalue weighted by Gasteiger charge is -2.13. The number of fused-ring (bicyclic) bond motifs is 1. The number of aliphatic hydroxyl groups excluding tert-OH is 2. The molecule has 4 N–H and O–H groups in total. The number of aromatic amines is 1. The predicted octanol–water partition coefficient (Wildman–Crippen LogP) is 0.518. The first-order chi connectivity index (χ1) is 8.54. The van der Waals surface area contributed by atoms with Gasteiger partial charge in [0.05, 0.1) is 11.6 Å². The van der Waals surface area contributed by atoms with Crippen LogP contribution < -0.4 is 0 Å². The zero-order valence-corrected chi connectivity index (χ0v) is 9.16. The first-order valence-electron chi connectivity index (χ1n) is 5.14. The van der Waals surface area contributed by atoms with Crippen molar-refractivity contribution in [3.63, 3.8) is 0 Å². The van der Waals surface area contributed by atoms with E-state index in [0.29, 0.717) is 16.5 Å². The minimum absolute atomic E-state index is 0.247. The molecule has 2 aromatic rings. The Morgan fingerprint density at radius 1 is 1.39 bits per heavy atom. The van der Waals surface area contributed by atoms with Crippen LogP contribution in [0, 0.1) is 11.3 Å². The number of aliphatic hydroxyl groups is 2. The third-order valence-corrected chi connectivity index (χ3v) is 2.71. The van der Waals surface area contributed by atoms with Crippen LogP contribution in [0.2, 0.25) is 0 Å². The van der Waals surface area contributed by atoms with E-state index in [1.807, 2.05) is 6.07 Å². The summed E-state index contributed by atoms with van der Waals surface area (Å²) < 4.78 is 0. The molecule has 92 valence electrons. The Balaban J connectivity index is 2.51. The largest absolute Gasteiger partial charge is 0.479 e. The number of carboxylic acid groups (broad SMARTS) is 1. The molecular formula is C12H10N2O4. The topological polar surface area (TPSA) is 117 Å². The molecular weight excluding hydrogens is 236 g/mol. The van der Waals surface area contributed by atoms with Crippen LogP contribution in [0.15, 0.2) is 24.4 Å². The number of nitriles is 1. The van der Waals surface area contributed by atoms with Gasteiger partial charge in [0, 0.05) is 22.7 Å². The molecule has 1 heterocycles. The standard InChI is InChI=1S/C12H10N2O4/c13-4-6-1-2-9-7(3-6)8(5-14-9)10(15)11(16)12(17)18/h1-3,5,10-11,14-16H,(H,17,18). The van der Waals surface area contributed by atoms with Crippen molar-refractivity contribution in [3.8, 4) is 6.07 Å². The first kappa shape index (κ1) is 12.1. The van der Waals surface area contributed by atoms with Gasteiger partial charge in [-0.1, -0.05) is 0 Å². The number of hydrogen-bond donors (Lipinski definition) is 4. The summed E-state index contributed by atoms with van der Waals surface area (Å²) in [5, 5.41) is 37.1. The minimum atomic E-state index is -1.91. The third-order valence-electron chi connectivity index (χ3n) is 2.71. The number of carbonyl (C=O) groups is 1. The number of nitrogens with zero attached hydrogens (tertiary/aromatic N) is 1.